The Bertz CT molecular complexity index is 1280. The summed E-state index contributed by atoms with van der Waals surface area (Å²) in [4.78, 5) is 40.3. The van der Waals surface area contributed by atoms with E-state index in [1.807, 2.05) is 4.90 Å². The number of nitriles is 1. The van der Waals surface area contributed by atoms with Crippen molar-refractivity contribution in [2.45, 2.75) is 51.1 Å². The Hall–Kier alpha value is -3.13. The molecule has 0 bridgehead atoms. The highest BCUT2D eigenvalue weighted by Gasteiger charge is 2.36. The number of anilines is 2. The predicted octanol–water partition coefficient (Wildman–Crippen LogP) is 3.98. The monoisotopic (exact) mass is 573 g/mol. The molecule has 2 aromatic rings. The standard InChI is InChI=1S/C27H33Cl2N7O3/c1-4-18-15-35(25-23(29)32-22(24(31)33-25)27(38)39-3)11-12-36(18)19-7-9-34(10-8-19)26(37)20-6-5-17(28)13-21(20)16(2)14-30/h5-6,13,16,18-19H,4,7-12,15H2,1-3H3,(H2,31,33)/t16?,18-/m0/s1. The van der Waals surface area contributed by atoms with Crippen LogP contribution in [-0.2, 0) is 4.74 Å². The molecule has 10 nitrogen and oxygen atoms in total. The van der Waals surface area contributed by atoms with Gasteiger partial charge in [-0.2, -0.15) is 5.26 Å². The summed E-state index contributed by atoms with van der Waals surface area (Å²) >= 11 is 12.6. The van der Waals surface area contributed by atoms with Crippen LogP contribution in [0.3, 0.4) is 0 Å². The second-order valence-electron chi connectivity index (χ2n) is 9.92. The molecule has 1 aromatic carbocycles. The van der Waals surface area contributed by atoms with Crippen molar-refractivity contribution in [1.82, 2.24) is 19.8 Å². The van der Waals surface area contributed by atoms with E-state index in [1.54, 1.807) is 25.1 Å². The molecular weight excluding hydrogens is 541 g/mol. The van der Waals surface area contributed by atoms with Gasteiger partial charge in [-0.05, 0) is 49.9 Å². The first-order valence-corrected chi connectivity index (χ1v) is 13.8. The van der Waals surface area contributed by atoms with E-state index < -0.39 is 11.9 Å². The molecule has 0 aliphatic carbocycles. The molecule has 39 heavy (non-hydrogen) atoms. The Labute approximate surface area is 238 Å². The highest BCUT2D eigenvalue weighted by atomic mass is 35.5. The van der Waals surface area contributed by atoms with Crippen molar-refractivity contribution in [3.05, 3.63) is 45.2 Å². The van der Waals surface area contributed by atoms with Crippen LogP contribution >= 0.6 is 23.2 Å². The second-order valence-corrected chi connectivity index (χ2v) is 10.7. The number of nitrogens with two attached hydrogens (primary N) is 1. The first-order valence-electron chi connectivity index (χ1n) is 13.1. The number of benzene rings is 1. The number of nitrogens with zero attached hydrogens (tertiary/aromatic N) is 6. The molecule has 0 saturated carbocycles. The summed E-state index contributed by atoms with van der Waals surface area (Å²) in [5, 5.41) is 10.1. The number of rotatable bonds is 6. The van der Waals surface area contributed by atoms with Crippen LogP contribution in [-0.4, -0.2) is 83.6 Å². The van der Waals surface area contributed by atoms with E-state index in [1.165, 1.54) is 7.11 Å². The number of piperidine rings is 1. The molecule has 2 atom stereocenters. The molecule has 0 spiro atoms. The van der Waals surface area contributed by atoms with Crippen molar-refractivity contribution in [2.75, 3.05) is 50.5 Å². The van der Waals surface area contributed by atoms with Gasteiger partial charge in [-0.15, -0.1) is 0 Å². The SMILES string of the molecule is CC[C@H]1CN(c2nc(N)c(C(=O)OC)nc2Cl)CCN1C1CCN(C(=O)c2ccc(Cl)cc2C(C)C#N)CC1. The van der Waals surface area contributed by atoms with E-state index in [2.05, 4.69) is 32.8 Å². The quantitative estimate of drug-likeness (QED) is 0.510. The molecule has 12 heteroatoms. The minimum atomic E-state index is -0.679. The van der Waals surface area contributed by atoms with E-state index in [0.29, 0.717) is 54.2 Å². The zero-order chi connectivity index (χ0) is 28.3. The molecule has 2 N–H and O–H groups in total. The largest absolute Gasteiger partial charge is 0.464 e. The molecule has 2 aliphatic heterocycles. The van der Waals surface area contributed by atoms with Crippen LogP contribution in [0.4, 0.5) is 11.6 Å². The number of carbonyl (C=O) groups excluding carboxylic acids is 2. The van der Waals surface area contributed by atoms with Gasteiger partial charge in [0.1, 0.15) is 0 Å². The summed E-state index contributed by atoms with van der Waals surface area (Å²) in [6, 6.07) is 7.96. The van der Waals surface area contributed by atoms with Crippen molar-refractivity contribution < 1.29 is 14.3 Å². The number of hydrogen-bond donors (Lipinski definition) is 1. The molecule has 2 fully saturated rings. The minimum Gasteiger partial charge on any atom is -0.464 e. The summed E-state index contributed by atoms with van der Waals surface area (Å²) in [7, 11) is 1.25. The minimum absolute atomic E-state index is 0.0122. The van der Waals surface area contributed by atoms with Gasteiger partial charge >= 0.3 is 5.97 Å². The number of likely N-dealkylation sites (tertiary alicyclic amines) is 1. The number of methoxy groups -OCH3 is 1. The zero-order valence-corrected chi connectivity index (χ0v) is 23.9. The fraction of sp³-hybridized carbons (Fsp3) is 0.519. The third kappa shape index (κ3) is 6.06. The number of aromatic nitrogens is 2. The first kappa shape index (κ1) is 28.9. The smallest absolute Gasteiger partial charge is 0.360 e. The first-order chi connectivity index (χ1) is 18.7. The third-order valence-corrected chi connectivity index (χ3v) is 8.15. The topological polar surface area (TPSA) is 129 Å². The molecular formula is C27H33Cl2N7O3. The molecule has 0 radical (unpaired) electrons. The lowest BCUT2D eigenvalue weighted by Gasteiger charge is -2.47. The number of piperazine rings is 1. The summed E-state index contributed by atoms with van der Waals surface area (Å²) in [5.74, 6) is -0.707. The van der Waals surface area contributed by atoms with Gasteiger partial charge in [0, 0.05) is 55.4 Å². The number of nitrogen functional groups attached to an aromatic ring is 1. The molecule has 2 aliphatic rings. The predicted molar refractivity (Wildman–Crippen MR) is 150 cm³/mol. The zero-order valence-electron chi connectivity index (χ0n) is 22.4. The summed E-state index contributed by atoms with van der Waals surface area (Å²) in [6.45, 7) is 7.40. The lowest BCUT2D eigenvalue weighted by Crippen LogP contribution is -2.58. The van der Waals surface area contributed by atoms with Gasteiger partial charge in [-0.1, -0.05) is 30.1 Å². The second kappa shape index (κ2) is 12.4. The van der Waals surface area contributed by atoms with E-state index in [0.717, 1.165) is 25.8 Å². The number of esters is 1. The number of amides is 1. The van der Waals surface area contributed by atoms with Crippen LogP contribution in [0.15, 0.2) is 18.2 Å². The van der Waals surface area contributed by atoms with Gasteiger partial charge in [-0.3, -0.25) is 9.69 Å². The van der Waals surface area contributed by atoms with Gasteiger partial charge in [0.15, 0.2) is 22.5 Å². The van der Waals surface area contributed by atoms with Crippen LogP contribution in [0.25, 0.3) is 0 Å². The van der Waals surface area contributed by atoms with Crippen molar-refractivity contribution >= 4 is 46.7 Å². The summed E-state index contributed by atoms with van der Waals surface area (Å²) in [6.07, 6.45) is 2.65. The van der Waals surface area contributed by atoms with E-state index in [-0.39, 0.29) is 28.6 Å². The van der Waals surface area contributed by atoms with Crippen LogP contribution in [0.5, 0.6) is 0 Å². The Morgan fingerprint density at radius 2 is 1.92 bits per heavy atom. The summed E-state index contributed by atoms with van der Waals surface area (Å²) < 4.78 is 4.70. The fourth-order valence-electron chi connectivity index (χ4n) is 5.50. The number of hydrogen-bond acceptors (Lipinski definition) is 9. The van der Waals surface area contributed by atoms with E-state index in [4.69, 9.17) is 33.7 Å². The van der Waals surface area contributed by atoms with Crippen LogP contribution in [0.2, 0.25) is 10.2 Å². The Morgan fingerprint density at radius 1 is 1.21 bits per heavy atom. The maximum atomic E-state index is 13.4. The average Bonchev–Trinajstić information content (AvgIpc) is 2.96. The Morgan fingerprint density at radius 3 is 2.56 bits per heavy atom. The highest BCUT2D eigenvalue weighted by molar-refractivity contribution is 6.32. The van der Waals surface area contributed by atoms with E-state index >= 15 is 0 Å². The van der Waals surface area contributed by atoms with Gasteiger partial charge in [-0.25, -0.2) is 14.8 Å². The molecule has 3 heterocycles. The van der Waals surface area contributed by atoms with Gasteiger partial charge in [0.05, 0.1) is 19.1 Å². The molecule has 2 saturated heterocycles. The summed E-state index contributed by atoms with van der Waals surface area (Å²) in [5.41, 5.74) is 7.10. The molecule has 1 amide bonds. The molecule has 208 valence electrons. The maximum Gasteiger partial charge on any atom is 0.360 e. The van der Waals surface area contributed by atoms with Gasteiger partial charge in [0.2, 0.25) is 0 Å². The maximum absolute atomic E-state index is 13.4. The van der Waals surface area contributed by atoms with Crippen LogP contribution < -0.4 is 10.6 Å². The van der Waals surface area contributed by atoms with Gasteiger partial charge < -0.3 is 20.3 Å². The van der Waals surface area contributed by atoms with E-state index in [9.17, 15) is 14.9 Å². The van der Waals surface area contributed by atoms with Crippen molar-refractivity contribution in [3.8, 4) is 6.07 Å². The average molecular weight is 575 g/mol. The van der Waals surface area contributed by atoms with Gasteiger partial charge in [0.25, 0.3) is 5.91 Å². The molecule has 1 aromatic heterocycles. The lowest BCUT2D eigenvalue weighted by atomic mass is 9.94. The molecule has 1 unspecified atom stereocenters. The number of halogens is 2. The fourth-order valence-corrected chi connectivity index (χ4v) is 5.93. The van der Waals surface area contributed by atoms with Crippen LogP contribution in [0.1, 0.15) is 65.4 Å². The van der Waals surface area contributed by atoms with Crippen LogP contribution in [0, 0.1) is 11.3 Å². The Kier molecular flexibility index (Phi) is 9.15. The third-order valence-electron chi connectivity index (χ3n) is 7.67. The number of carbonyl (C=O) groups is 2. The Balaban J connectivity index is 1.41. The van der Waals surface area contributed by atoms with Crippen molar-refractivity contribution in [3.63, 3.8) is 0 Å². The normalized spacial score (nSPS) is 19.4. The molecule has 4 rings (SSSR count). The van der Waals surface area contributed by atoms with Crippen molar-refractivity contribution in [1.29, 1.82) is 5.26 Å². The lowest BCUT2D eigenvalue weighted by molar-refractivity contribution is 0.0489. The van der Waals surface area contributed by atoms with Crippen molar-refractivity contribution in [2.24, 2.45) is 0 Å². The number of ether oxygens (including phenoxy) is 1. The highest BCUT2D eigenvalue weighted by Crippen LogP contribution is 2.31.